The van der Waals surface area contributed by atoms with Gasteiger partial charge in [0.1, 0.15) is 6.61 Å². The van der Waals surface area contributed by atoms with Gasteiger partial charge >= 0.3 is 5.97 Å². The smallest absolute Gasteiger partial charge is 0.332 e. The molecular formula is C8H14F2O3. The standard InChI is InChI=1S/C8H14F2O3/c1-3-8(9,10)6-13-7(11)5-12-4-2/h3-6H2,1-2H3. The first-order valence-corrected chi connectivity index (χ1v) is 4.13. The topological polar surface area (TPSA) is 35.5 Å². The van der Waals surface area contributed by atoms with Crippen molar-refractivity contribution in [3.63, 3.8) is 0 Å². The number of carbonyl (C=O) groups excluding carboxylic acids is 1. The van der Waals surface area contributed by atoms with E-state index < -0.39 is 18.5 Å². The quantitative estimate of drug-likeness (QED) is 0.605. The number of rotatable bonds is 6. The summed E-state index contributed by atoms with van der Waals surface area (Å²) >= 11 is 0. The summed E-state index contributed by atoms with van der Waals surface area (Å²) in [7, 11) is 0. The van der Waals surface area contributed by atoms with Crippen molar-refractivity contribution in [2.75, 3.05) is 19.8 Å². The summed E-state index contributed by atoms with van der Waals surface area (Å²) in [5.41, 5.74) is 0. The molecule has 0 spiro atoms. The van der Waals surface area contributed by atoms with Gasteiger partial charge in [-0.3, -0.25) is 0 Å². The van der Waals surface area contributed by atoms with E-state index in [9.17, 15) is 13.6 Å². The van der Waals surface area contributed by atoms with E-state index in [2.05, 4.69) is 9.47 Å². The highest BCUT2D eigenvalue weighted by molar-refractivity contribution is 5.70. The number of hydrogen-bond donors (Lipinski definition) is 0. The maximum Gasteiger partial charge on any atom is 0.332 e. The number of alkyl halides is 2. The van der Waals surface area contributed by atoms with Gasteiger partial charge in [0, 0.05) is 13.0 Å². The molecular weight excluding hydrogens is 182 g/mol. The lowest BCUT2D eigenvalue weighted by Crippen LogP contribution is -2.26. The number of halogens is 2. The molecule has 78 valence electrons. The van der Waals surface area contributed by atoms with Crippen LogP contribution in [-0.2, 0) is 14.3 Å². The molecule has 0 aromatic carbocycles. The van der Waals surface area contributed by atoms with Crippen LogP contribution in [-0.4, -0.2) is 31.7 Å². The molecule has 0 heterocycles. The highest BCUT2D eigenvalue weighted by atomic mass is 19.3. The van der Waals surface area contributed by atoms with Gasteiger partial charge in [-0.05, 0) is 6.92 Å². The molecule has 5 heteroatoms. The van der Waals surface area contributed by atoms with E-state index in [0.29, 0.717) is 6.61 Å². The van der Waals surface area contributed by atoms with Crippen molar-refractivity contribution < 1.29 is 23.0 Å². The van der Waals surface area contributed by atoms with Gasteiger partial charge in [-0.25, -0.2) is 13.6 Å². The zero-order valence-electron chi connectivity index (χ0n) is 7.81. The van der Waals surface area contributed by atoms with E-state index in [0.717, 1.165) is 0 Å². The molecule has 0 unspecified atom stereocenters. The number of esters is 1. The van der Waals surface area contributed by atoms with Gasteiger partial charge in [-0.1, -0.05) is 6.92 Å². The maximum atomic E-state index is 12.5. The summed E-state index contributed by atoms with van der Waals surface area (Å²) in [6.07, 6.45) is -0.338. The Morgan fingerprint density at radius 3 is 2.46 bits per heavy atom. The zero-order chi connectivity index (χ0) is 10.3. The van der Waals surface area contributed by atoms with Gasteiger partial charge in [-0.2, -0.15) is 0 Å². The summed E-state index contributed by atoms with van der Waals surface area (Å²) < 4.78 is 34.0. The van der Waals surface area contributed by atoms with Crippen molar-refractivity contribution in [3.05, 3.63) is 0 Å². The van der Waals surface area contributed by atoms with Crippen LogP contribution in [0.15, 0.2) is 0 Å². The minimum Gasteiger partial charge on any atom is -0.458 e. The Morgan fingerprint density at radius 2 is 2.00 bits per heavy atom. The molecule has 13 heavy (non-hydrogen) atoms. The fourth-order valence-corrected chi connectivity index (χ4v) is 0.515. The number of carbonyl (C=O) groups is 1. The van der Waals surface area contributed by atoms with Gasteiger partial charge < -0.3 is 9.47 Å². The second-order valence-electron chi connectivity index (χ2n) is 2.51. The molecule has 0 aromatic rings. The lowest BCUT2D eigenvalue weighted by Gasteiger charge is -2.13. The minimum atomic E-state index is -2.93. The fourth-order valence-electron chi connectivity index (χ4n) is 0.515. The van der Waals surface area contributed by atoms with E-state index in [1.54, 1.807) is 6.92 Å². The van der Waals surface area contributed by atoms with Crippen LogP contribution in [0.2, 0.25) is 0 Å². The van der Waals surface area contributed by atoms with E-state index in [4.69, 9.17) is 0 Å². The van der Waals surface area contributed by atoms with Gasteiger partial charge in [-0.15, -0.1) is 0 Å². The summed E-state index contributed by atoms with van der Waals surface area (Å²) in [5.74, 6) is -3.68. The van der Waals surface area contributed by atoms with Crippen LogP contribution in [0, 0.1) is 0 Å². The first kappa shape index (κ1) is 12.3. The van der Waals surface area contributed by atoms with Crippen molar-refractivity contribution in [3.8, 4) is 0 Å². The Balaban J connectivity index is 3.57. The predicted octanol–water partition coefficient (Wildman–Crippen LogP) is 1.61. The van der Waals surface area contributed by atoms with Crippen LogP contribution in [0.3, 0.4) is 0 Å². The Labute approximate surface area is 76.0 Å². The fraction of sp³-hybridized carbons (Fsp3) is 0.875. The molecule has 0 aliphatic rings. The van der Waals surface area contributed by atoms with Crippen molar-refractivity contribution in [1.29, 1.82) is 0 Å². The molecule has 0 bridgehead atoms. The average molecular weight is 196 g/mol. The molecule has 0 saturated heterocycles. The molecule has 0 aliphatic heterocycles. The predicted molar refractivity (Wildman–Crippen MR) is 42.7 cm³/mol. The Hall–Kier alpha value is -0.710. The first-order valence-electron chi connectivity index (χ1n) is 4.13. The molecule has 0 amide bonds. The van der Waals surface area contributed by atoms with Crippen LogP contribution in [0.4, 0.5) is 8.78 Å². The molecule has 0 rings (SSSR count). The largest absolute Gasteiger partial charge is 0.458 e. The number of ether oxygens (including phenoxy) is 2. The molecule has 0 saturated carbocycles. The average Bonchev–Trinajstić information content (AvgIpc) is 2.11. The molecule has 0 N–H and O–H groups in total. The monoisotopic (exact) mass is 196 g/mol. The lowest BCUT2D eigenvalue weighted by atomic mass is 10.3. The molecule has 0 fully saturated rings. The molecule has 0 radical (unpaired) electrons. The Kier molecular flexibility index (Phi) is 5.53. The van der Waals surface area contributed by atoms with Gasteiger partial charge in [0.25, 0.3) is 5.92 Å². The molecule has 0 aromatic heterocycles. The molecule has 0 aliphatic carbocycles. The van der Waals surface area contributed by atoms with Crippen molar-refractivity contribution in [2.24, 2.45) is 0 Å². The highest BCUT2D eigenvalue weighted by Crippen LogP contribution is 2.17. The molecule has 3 nitrogen and oxygen atoms in total. The zero-order valence-corrected chi connectivity index (χ0v) is 7.81. The Bertz CT molecular complexity index is 159. The summed E-state index contributed by atoms with van der Waals surface area (Å²) in [4.78, 5) is 10.7. The van der Waals surface area contributed by atoms with Crippen LogP contribution < -0.4 is 0 Å². The third kappa shape index (κ3) is 6.45. The summed E-state index contributed by atoms with van der Waals surface area (Å²) in [5, 5.41) is 0. The first-order chi connectivity index (χ1) is 6.02. The van der Waals surface area contributed by atoms with E-state index >= 15 is 0 Å². The van der Waals surface area contributed by atoms with Crippen molar-refractivity contribution in [2.45, 2.75) is 26.2 Å². The van der Waals surface area contributed by atoms with E-state index in [1.807, 2.05) is 0 Å². The summed E-state index contributed by atoms with van der Waals surface area (Å²) in [6.45, 7) is 2.26. The third-order valence-electron chi connectivity index (χ3n) is 1.39. The normalized spacial score (nSPS) is 11.4. The van der Waals surface area contributed by atoms with Crippen LogP contribution in [0.5, 0.6) is 0 Å². The van der Waals surface area contributed by atoms with Crippen LogP contribution in [0.1, 0.15) is 20.3 Å². The second kappa shape index (κ2) is 5.85. The SMILES string of the molecule is CCOCC(=O)OCC(F)(F)CC. The van der Waals surface area contributed by atoms with E-state index in [-0.39, 0.29) is 13.0 Å². The van der Waals surface area contributed by atoms with Crippen molar-refractivity contribution >= 4 is 5.97 Å². The van der Waals surface area contributed by atoms with Gasteiger partial charge in [0.15, 0.2) is 6.61 Å². The molecule has 0 atom stereocenters. The Morgan fingerprint density at radius 1 is 1.38 bits per heavy atom. The second-order valence-corrected chi connectivity index (χ2v) is 2.51. The summed E-state index contributed by atoms with van der Waals surface area (Å²) in [6, 6.07) is 0. The van der Waals surface area contributed by atoms with Crippen molar-refractivity contribution in [1.82, 2.24) is 0 Å². The van der Waals surface area contributed by atoms with Gasteiger partial charge in [0.05, 0.1) is 0 Å². The van der Waals surface area contributed by atoms with E-state index in [1.165, 1.54) is 6.92 Å². The van der Waals surface area contributed by atoms with Crippen LogP contribution >= 0.6 is 0 Å². The van der Waals surface area contributed by atoms with Crippen LogP contribution in [0.25, 0.3) is 0 Å². The highest BCUT2D eigenvalue weighted by Gasteiger charge is 2.28. The minimum absolute atomic E-state index is 0.268. The van der Waals surface area contributed by atoms with Gasteiger partial charge in [0.2, 0.25) is 0 Å². The third-order valence-corrected chi connectivity index (χ3v) is 1.39. The maximum absolute atomic E-state index is 12.5. The lowest BCUT2D eigenvalue weighted by molar-refractivity contribution is -0.160. The number of hydrogen-bond acceptors (Lipinski definition) is 3.